The van der Waals surface area contributed by atoms with Crippen LogP contribution >= 0.6 is 0 Å². The highest BCUT2D eigenvalue weighted by Crippen LogP contribution is 2.29. The first-order chi connectivity index (χ1) is 18.2. The molecule has 0 amide bonds. The molecule has 2 aliphatic carbocycles. The van der Waals surface area contributed by atoms with Gasteiger partial charge in [-0.15, -0.1) is 11.5 Å². The summed E-state index contributed by atoms with van der Waals surface area (Å²) in [7, 11) is 0. The van der Waals surface area contributed by atoms with E-state index in [1.54, 1.807) is 48.8 Å². The number of aromatic hydroxyl groups is 2. The molecule has 2 aromatic carbocycles. The highest BCUT2D eigenvalue weighted by atomic mass is 16.5. The Labute approximate surface area is 216 Å². The van der Waals surface area contributed by atoms with E-state index in [9.17, 15) is 10.2 Å². The Kier molecular flexibility index (Phi) is 9.34. The third-order valence-corrected chi connectivity index (χ3v) is 5.34. The van der Waals surface area contributed by atoms with Crippen molar-refractivity contribution in [2.75, 3.05) is 39.5 Å². The van der Waals surface area contributed by atoms with Crippen LogP contribution in [0.15, 0.2) is 105 Å². The lowest BCUT2D eigenvalue weighted by atomic mass is 10.2. The predicted octanol–water partition coefficient (Wildman–Crippen LogP) is 4.71. The summed E-state index contributed by atoms with van der Waals surface area (Å²) in [6, 6.07) is 10.5. The van der Waals surface area contributed by atoms with Crippen LogP contribution in [0.25, 0.3) is 0 Å². The van der Waals surface area contributed by atoms with Gasteiger partial charge in [0.25, 0.3) is 0 Å². The number of allylic oxidation sites excluding steroid dienone is 2. The number of benzene rings is 2. The van der Waals surface area contributed by atoms with E-state index < -0.39 is 0 Å². The van der Waals surface area contributed by atoms with Crippen LogP contribution < -0.4 is 9.47 Å². The third-order valence-electron chi connectivity index (χ3n) is 5.34. The van der Waals surface area contributed by atoms with E-state index >= 15 is 0 Å². The molecular weight excluding hydrogens is 468 g/mol. The monoisotopic (exact) mass is 496 g/mol. The number of rotatable bonds is 14. The van der Waals surface area contributed by atoms with E-state index in [0.29, 0.717) is 48.9 Å². The van der Waals surface area contributed by atoms with Gasteiger partial charge in [-0.2, -0.15) is 0 Å². The number of ether oxygens (including phenoxy) is 3. The second kappa shape index (κ2) is 13.5. The Morgan fingerprint density at radius 1 is 0.676 bits per heavy atom. The number of hydrogen-bond acceptors (Lipinski definition) is 7. The fourth-order valence-corrected chi connectivity index (χ4v) is 3.46. The van der Waals surface area contributed by atoms with E-state index in [4.69, 9.17) is 14.2 Å². The molecular formula is C30H28N2O5. The van der Waals surface area contributed by atoms with Crippen LogP contribution in [-0.2, 0) is 4.74 Å². The quantitative estimate of drug-likeness (QED) is 0.224. The first-order valence-corrected chi connectivity index (χ1v) is 11.9. The van der Waals surface area contributed by atoms with Gasteiger partial charge in [-0.1, -0.05) is 24.3 Å². The van der Waals surface area contributed by atoms with E-state index in [-0.39, 0.29) is 24.7 Å². The van der Waals surface area contributed by atoms with Gasteiger partial charge in [-0.25, -0.2) is 0 Å². The van der Waals surface area contributed by atoms with Gasteiger partial charge in [0.1, 0.15) is 13.2 Å². The van der Waals surface area contributed by atoms with Gasteiger partial charge < -0.3 is 24.4 Å². The molecule has 188 valence electrons. The first-order valence-electron chi connectivity index (χ1n) is 11.9. The van der Waals surface area contributed by atoms with E-state index in [0.717, 1.165) is 11.1 Å². The van der Waals surface area contributed by atoms with Crippen LogP contribution in [-0.4, -0.2) is 62.2 Å². The maximum absolute atomic E-state index is 10.4. The molecule has 0 atom stereocenters. The summed E-state index contributed by atoms with van der Waals surface area (Å²) in [6.45, 7) is 2.13. The van der Waals surface area contributed by atoms with Crippen molar-refractivity contribution in [1.29, 1.82) is 0 Å². The average Bonchev–Trinajstić information content (AvgIpc) is 3.62. The molecule has 0 bridgehead atoms. The van der Waals surface area contributed by atoms with E-state index in [1.165, 1.54) is 0 Å². The van der Waals surface area contributed by atoms with E-state index in [2.05, 4.69) is 21.4 Å². The van der Waals surface area contributed by atoms with Gasteiger partial charge in [0.2, 0.25) is 0 Å². The third kappa shape index (κ3) is 7.72. The summed E-state index contributed by atoms with van der Waals surface area (Å²) in [6.07, 6.45) is 14.6. The maximum Gasteiger partial charge on any atom is 0.166 e. The lowest BCUT2D eigenvalue weighted by Gasteiger charge is -2.11. The van der Waals surface area contributed by atoms with Crippen molar-refractivity contribution in [2.24, 2.45) is 9.98 Å². The molecule has 0 heterocycles. The first kappa shape index (κ1) is 25.5. The van der Waals surface area contributed by atoms with Gasteiger partial charge >= 0.3 is 0 Å². The second-order valence-electron chi connectivity index (χ2n) is 8.03. The zero-order valence-corrected chi connectivity index (χ0v) is 20.3. The fourth-order valence-electron chi connectivity index (χ4n) is 3.46. The molecule has 37 heavy (non-hydrogen) atoms. The molecule has 2 aliphatic rings. The molecule has 0 aromatic heterocycles. The molecule has 2 aromatic rings. The van der Waals surface area contributed by atoms with Crippen LogP contribution in [0.1, 0.15) is 11.1 Å². The molecule has 0 saturated carbocycles. The van der Waals surface area contributed by atoms with Crippen LogP contribution in [0.4, 0.5) is 0 Å². The van der Waals surface area contributed by atoms with Crippen molar-refractivity contribution in [3.63, 3.8) is 0 Å². The van der Waals surface area contributed by atoms with Gasteiger partial charge in [-0.05, 0) is 48.6 Å². The fraction of sp³-hybridized carbons (Fsp3) is 0.200. The minimum absolute atomic E-state index is 0.0351. The van der Waals surface area contributed by atoms with Crippen LogP contribution in [0.5, 0.6) is 23.0 Å². The largest absolute Gasteiger partial charge is 0.504 e. The molecule has 0 saturated heterocycles. The molecule has 0 unspecified atom stereocenters. The summed E-state index contributed by atoms with van der Waals surface area (Å²) in [5, 5.41) is 20.9. The smallest absolute Gasteiger partial charge is 0.166 e. The number of aliphatic imine (C=N–C) groups is 2. The normalized spacial score (nSPS) is 13.7. The average molecular weight is 497 g/mol. The summed E-state index contributed by atoms with van der Waals surface area (Å²) in [5.74, 6) is 0.799. The van der Waals surface area contributed by atoms with Crippen LogP contribution in [0.2, 0.25) is 0 Å². The SMILES string of the molecule is Oc1c(C=NCC2=C=CC=C2)cccc1OCCOCCOc1cccc(C=NCC2=C=CC=C2)c1O. The van der Waals surface area contributed by atoms with Gasteiger partial charge in [0.05, 0.1) is 26.3 Å². The summed E-state index contributed by atoms with van der Waals surface area (Å²) >= 11 is 0. The number of phenolic OH excluding ortho intramolecular Hbond substituents is 2. The van der Waals surface area contributed by atoms with Crippen LogP contribution in [0.3, 0.4) is 0 Å². The summed E-state index contributed by atoms with van der Waals surface area (Å²) in [5.41, 5.74) is 9.30. The van der Waals surface area contributed by atoms with Gasteiger partial charge in [-0.3, -0.25) is 9.98 Å². The highest BCUT2D eigenvalue weighted by Gasteiger charge is 2.08. The molecule has 4 rings (SSSR count). The summed E-state index contributed by atoms with van der Waals surface area (Å²) < 4.78 is 16.9. The highest BCUT2D eigenvalue weighted by molar-refractivity contribution is 5.85. The molecule has 0 fully saturated rings. The molecule has 2 N–H and O–H groups in total. The van der Waals surface area contributed by atoms with Crippen molar-refractivity contribution >= 4 is 12.4 Å². The number of nitrogens with zero attached hydrogens (tertiary/aromatic N) is 2. The lowest BCUT2D eigenvalue weighted by Crippen LogP contribution is -2.12. The van der Waals surface area contributed by atoms with Crippen molar-refractivity contribution in [3.05, 3.63) is 107 Å². The van der Waals surface area contributed by atoms with Gasteiger partial charge in [0.15, 0.2) is 23.0 Å². The van der Waals surface area contributed by atoms with Crippen molar-refractivity contribution < 1.29 is 24.4 Å². The molecule has 0 radical (unpaired) electrons. The second-order valence-corrected chi connectivity index (χ2v) is 8.03. The van der Waals surface area contributed by atoms with Crippen molar-refractivity contribution in [3.8, 4) is 23.0 Å². The molecule has 0 aliphatic heterocycles. The minimum Gasteiger partial charge on any atom is -0.504 e. The maximum atomic E-state index is 10.4. The number of hydrogen-bond donors (Lipinski definition) is 2. The zero-order chi connectivity index (χ0) is 25.7. The Bertz CT molecular complexity index is 1250. The molecule has 0 spiro atoms. The Morgan fingerprint density at radius 3 is 1.59 bits per heavy atom. The van der Waals surface area contributed by atoms with Crippen molar-refractivity contribution in [1.82, 2.24) is 0 Å². The Balaban J connectivity index is 1.15. The summed E-state index contributed by atoms with van der Waals surface area (Å²) in [4.78, 5) is 8.68. The number of para-hydroxylation sites is 2. The van der Waals surface area contributed by atoms with E-state index in [1.807, 2.05) is 36.5 Å². The predicted molar refractivity (Wildman–Crippen MR) is 144 cm³/mol. The van der Waals surface area contributed by atoms with Crippen LogP contribution in [0, 0.1) is 0 Å². The van der Waals surface area contributed by atoms with Crippen molar-refractivity contribution in [2.45, 2.75) is 0 Å². The lowest BCUT2D eigenvalue weighted by molar-refractivity contribution is 0.0751. The Hall–Kier alpha value is -4.54. The molecule has 7 heteroatoms. The van der Waals surface area contributed by atoms with Gasteiger partial charge in [0, 0.05) is 34.7 Å². The zero-order valence-electron chi connectivity index (χ0n) is 20.3. The number of phenols is 2. The standard InChI is InChI=1S/C30H28N2O5/c33-29-25(21-31-19-23-7-1-2-8-23)11-5-13-27(29)36-17-15-35-16-18-37-28-14-6-12-26(30(28)34)22-32-20-24-9-3-4-10-24/h1-7,9,11-14,21-22,33-34H,15-20H2. The molecule has 7 nitrogen and oxygen atoms in total. The Morgan fingerprint density at radius 2 is 1.16 bits per heavy atom. The minimum atomic E-state index is 0.0351. The topological polar surface area (TPSA) is 92.9 Å².